The van der Waals surface area contributed by atoms with Gasteiger partial charge in [-0.25, -0.2) is 0 Å². The van der Waals surface area contributed by atoms with Gasteiger partial charge in [-0.15, -0.1) is 0 Å². The van der Waals surface area contributed by atoms with Gasteiger partial charge in [0.1, 0.15) is 0 Å². The number of carbonyl (C=O) groups excluding carboxylic acids is 1. The Morgan fingerprint density at radius 3 is 2.63 bits per heavy atom. The molecule has 1 heterocycles. The average Bonchev–Trinajstić information content (AvgIpc) is 2.79. The zero-order valence-corrected chi connectivity index (χ0v) is 11.9. The summed E-state index contributed by atoms with van der Waals surface area (Å²) in [7, 11) is 0. The van der Waals surface area contributed by atoms with Gasteiger partial charge < -0.3 is 9.73 Å². The van der Waals surface area contributed by atoms with Gasteiger partial charge >= 0.3 is 0 Å². The summed E-state index contributed by atoms with van der Waals surface area (Å²) in [6, 6.07) is 9.22. The molecule has 0 aliphatic carbocycles. The lowest BCUT2D eigenvalue weighted by atomic mass is 10.00. The van der Waals surface area contributed by atoms with E-state index in [4.69, 9.17) is 16.0 Å². The number of aryl methyl sites for hydroxylation is 2. The van der Waals surface area contributed by atoms with E-state index in [0.29, 0.717) is 0 Å². The molecule has 1 unspecified atom stereocenters. The van der Waals surface area contributed by atoms with Gasteiger partial charge in [0.15, 0.2) is 11.0 Å². The second-order valence-electron chi connectivity index (χ2n) is 4.66. The predicted molar refractivity (Wildman–Crippen MR) is 75.5 cm³/mol. The van der Waals surface area contributed by atoms with Crippen LogP contribution in [-0.4, -0.2) is 5.91 Å². The molecule has 1 aromatic heterocycles. The SMILES string of the molecule is Cc1ccc(C)c(C(C)NC(=O)c2ccc(Cl)o2)c1. The molecule has 0 aliphatic heterocycles. The van der Waals surface area contributed by atoms with Crippen molar-refractivity contribution in [1.29, 1.82) is 0 Å². The maximum atomic E-state index is 12.0. The Labute approximate surface area is 117 Å². The highest BCUT2D eigenvalue weighted by atomic mass is 35.5. The monoisotopic (exact) mass is 277 g/mol. The molecular formula is C15H16ClNO2. The molecule has 4 heteroatoms. The van der Waals surface area contributed by atoms with E-state index < -0.39 is 0 Å². The first-order chi connectivity index (χ1) is 8.97. The van der Waals surface area contributed by atoms with E-state index >= 15 is 0 Å². The van der Waals surface area contributed by atoms with Gasteiger partial charge in [0.2, 0.25) is 0 Å². The highest BCUT2D eigenvalue weighted by Crippen LogP contribution is 2.20. The first kappa shape index (κ1) is 13.7. The molecule has 0 saturated carbocycles. The lowest BCUT2D eigenvalue weighted by molar-refractivity contribution is 0.0912. The molecule has 0 fully saturated rings. The summed E-state index contributed by atoms with van der Waals surface area (Å²) in [6.07, 6.45) is 0. The third-order valence-corrected chi connectivity index (χ3v) is 3.25. The quantitative estimate of drug-likeness (QED) is 0.920. The van der Waals surface area contributed by atoms with Crippen LogP contribution in [0.2, 0.25) is 5.22 Å². The van der Waals surface area contributed by atoms with Crippen molar-refractivity contribution in [2.75, 3.05) is 0 Å². The second-order valence-corrected chi connectivity index (χ2v) is 5.03. The van der Waals surface area contributed by atoms with Crippen LogP contribution < -0.4 is 5.32 Å². The van der Waals surface area contributed by atoms with E-state index in [9.17, 15) is 4.79 Å². The minimum atomic E-state index is -0.264. The summed E-state index contributed by atoms with van der Waals surface area (Å²) in [5, 5.41) is 3.12. The first-order valence-electron chi connectivity index (χ1n) is 6.10. The second kappa shape index (κ2) is 5.49. The zero-order valence-electron chi connectivity index (χ0n) is 11.2. The summed E-state index contributed by atoms with van der Waals surface area (Å²) in [5.74, 6) is -0.0394. The molecular weight excluding hydrogens is 262 g/mol. The van der Waals surface area contributed by atoms with Gasteiger partial charge in [-0.3, -0.25) is 4.79 Å². The fraction of sp³-hybridized carbons (Fsp3) is 0.267. The summed E-state index contributed by atoms with van der Waals surface area (Å²) in [4.78, 5) is 12.0. The van der Waals surface area contributed by atoms with Crippen LogP contribution in [0.5, 0.6) is 0 Å². The van der Waals surface area contributed by atoms with Crippen molar-refractivity contribution in [3.8, 4) is 0 Å². The van der Waals surface area contributed by atoms with Gasteiger partial charge in [0, 0.05) is 0 Å². The number of halogens is 1. The smallest absolute Gasteiger partial charge is 0.287 e. The molecule has 100 valence electrons. The van der Waals surface area contributed by atoms with Crippen LogP contribution in [0, 0.1) is 13.8 Å². The molecule has 0 spiro atoms. The molecule has 1 atom stereocenters. The minimum Gasteiger partial charge on any atom is -0.440 e. The highest BCUT2D eigenvalue weighted by Gasteiger charge is 2.15. The van der Waals surface area contributed by atoms with E-state index in [-0.39, 0.29) is 22.9 Å². The molecule has 1 aromatic carbocycles. The van der Waals surface area contributed by atoms with E-state index in [1.54, 1.807) is 12.1 Å². The van der Waals surface area contributed by atoms with Gasteiger partial charge in [0.05, 0.1) is 6.04 Å². The summed E-state index contributed by atoms with van der Waals surface area (Å²) in [6.45, 7) is 6.01. The maximum absolute atomic E-state index is 12.0. The van der Waals surface area contributed by atoms with Crippen molar-refractivity contribution < 1.29 is 9.21 Å². The molecule has 0 bridgehead atoms. The first-order valence-corrected chi connectivity index (χ1v) is 6.48. The van der Waals surface area contributed by atoms with E-state index in [1.807, 2.05) is 20.8 Å². The van der Waals surface area contributed by atoms with Crippen molar-refractivity contribution >= 4 is 17.5 Å². The number of amides is 1. The van der Waals surface area contributed by atoms with E-state index in [0.717, 1.165) is 11.1 Å². The summed E-state index contributed by atoms with van der Waals surface area (Å²) < 4.78 is 5.09. The van der Waals surface area contributed by atoms with E-state index in [1.165, 1.54) is 5.56 Å². The number of hydrogen-bond donors (Lipinski definition) is 1. The molecule has 1 amide bonds. The normalized spacial score (nSPS) is 12.2. The van der Waals surface area contributed by atoms with Crippen LogP contribution in [0.1, 0.15) is 40.2 Å². The highest BCUT2D eigenvalue weighted by molar-refractivity contribution is 6.29. The minimum absolute atomic E-state index is 0.0868. The van der Waals surface area contributed by atoms with Crippen LogP contribution in [0.25, 0.3) is 0 Å². The van der Waals surface area contributed by atoms with Gasteiger partial charge in [0.25, 0.3) is 5.91 Å². The molecule has 19 heavy (non-hydrogen) atoms. The number of benzene rings is 1. The molecule has 3 nitrogen and oxygen atoms in total. The van der Waals surface area contributed by atoms with Crippen molar-refractivity contribution in [3.63, 3.8) is 0 Å². The van der Waals surface area contributed by atoms with Gasteiger partial charge in [-0.2, -0.15) is 0 Å². The van der Waals surface area contributed by atoms with Crippen molar-refractivity contribution in [2.24, 2.45) is 0 Å². The van der Waals surface area contributed by atoms with Crippen LogP contribution in [0.4, 0.5) is 0 Å². The Morgan fingerprint density at radius 2 is 2.00 bits per heavy atom. The third kappa shape index (κ3) is 3.18. The number of furan rings is 1. The number of carbonyl (C=O) groups is 1. The Bertz CT molecular complexity index is 604. The summed E-state index contributed by atoms with van der Waals surface area (Å²) in [5.41, 5.74) is 3.42. The predicted octanol–water partition coefficient (Wildman–Crippen LogP) is 4.04. The van der Waals surface area contributed by atoms with Crippen molar-refractivity contribution in [1.82, 2.24) is 5.32 Å². The number of hydrogen-bond acceptors (Lipinski definition) is 2. The maximum Gasteiger partial charge on any atom is 0.287 e. The Morgan fingerprint density at radius 1 is 1.26 bits per heavy atom. The molecule has 0 radical (unpaired) electrons. The topological polar surface area (TPSA) is 42.2 Å². The van der Waals surface area contributed by atoms with Crippen LogP contribution >= 0.6 is 11.6 Å². The van der Waals surface area contributed by atoms with Crippen LogP contribution in [0.3, 0.4) is 0 Å². The average molecular weight is 278 g/mol. The summed E-state index contributed by atoms with van der Waals surface area (Å²) >= 11 is 5.66. The third-order valence-electron chi connectivity index (χ3n) is 3.05. The van der Waals surface area contributed by atoms with Gasteiger partial charge in [-0.1, -0.05) is 23.8 Å². The lowest BCUT2D eigenvalue weighted by Crippen LogP contribution is -2.26. The fourth-order valence-corrected chi connectivity index (χ4v) is 2.15. The van der Waals surface area contributed by atoms with Gasteiger partial charge in [-0.05, 0) is 55.6 Å². The largest absolute Gasteiger partial charge is 0.440 e. The van der Waals surface area contributed by atoms with E-state index in [2.05, 4.69) is 23.5 Å². The van der Waals surface area contributed by atoms with Crippen LogP contribution in [0.15, 0.2) is 34.7 Å². The Hall–Kier alpha value is -1.74. The van der Waals surface area contributed by atoms with Crippen molar-refractivity contribution in [3.05, 3.63) is 58.0 Å². The molecule has 0 saturated heterocycles. The number of nitrogens with one attached hydrogen (secondary N) is 1. The van der Waals surface area contributed by atoms with Crippen LogP contribution in [-0.2, 0) is 0 Å². The molecule has 2 aromatic rings. The molecule has 0 aliphatic rings. The molecule has 2 rings (SSSR count). The fourth-order valence-electron chi connectivity index (χ4n) is 2.01. The number of rotatable bonds is 3. The lowest BCUT2D eigenvalue weighted by Gasteiger charge is -2.16. The zero-order chi connectivity index (χ0) is 14.0. The Balaban J connectivity index is 2.14. The molecule has 1 N–H and O–H groups in total. The van der Waals surface area contributed by atoms with Crippen molar-refractivity contribution in [2.45, 2.75) is 26.8 Å². The standard InChI is InChI=1S/C15H16ClNO2/c1-9-4-5-10(2)12(8-9)11(3)17-15(18)13-6-7-14(16)19-13/h4-8,11H,1-3H3,(H,17,18). The Kier molecular flexibility index (Phi) is 3.96.